The zero-order chi connectivity index (χ0) is 19.2. The van der Waals surface area contributed by atoms with Gasteiger partial charge in [0.25, 0.3) is 11.5 Å². The summed E-state index contributed by atoms with van der Waals surface area (Å²) in [5.41, 5.74) is 0.974. The second-order valence-corrected chi connectivity index (χ2v) is 6.00. The Labute approximate surface area is 155 Å². The minimum absolute atomic E-state index is 0.111. The van der Waals surface area contributed by atoms with E-state index >= 15 is 0 Å². The van der Waals surface area contributed by atoms with Gasteiger partial charge < -0.3 is 5.32 Å². The van der Waals surface area contributed by atoms with Gasteiger partial charge in [0.1, 0.15) is 11.5 Å². The summed E-state index contributed by atoms with van der Waals surface area (Å²) in [6, 6.07) is 13.3. The van der Waals surface area contributed by atoms with E-state index in [1.165, 1.54) is 28.9 Å². The van der Waals surface area contributed by atoms with E-state index in [4.69, 9.17) is 0 Å². The molecule has 1 N–H and O–H groups in total. The molecule has 1 atom stereocenters. The van der Waals surface area contributed by atoms with Gasteiger partial charge in [-0.15, -0.1) is 0 Å². The minimum atomic E-state index is -0.650. The first-order chi connectivity index (χ1) is 13.1. The van der Waals surface area contributed by atoms with Crippen molar-refractivity contribution >= 4 is 5.91 Å². The zero-order valence-corrected chi connectivity index (χ0v) is 14.8. The van der Waals surface area contributed by atoms with Gasteiger partial charge in [0.2, 0.25) is 0 Å². The van der Waals surface area contributed by atoms with Gasteiger partial charge in [-0.2, -0.15) is 5.10 Å². The Morgan fingerprint density at radius 1 is 1.19 bits per heavy atom. The molecule has 138 valence electrons. The zero-order valence-electron chi connectivity index (χ0n) is 14.8. The number of carbonyl (C=O) groups is 1. The summed E-state index contributed by atoms with van der Waals surface area (Å²) in [7, 11) is 0. The number of pyridine rings is 1. The van der Waals surface area contributed by atoms with Gasteiger partial charge in [-0.1, -0.05) is 25.1 Å². The van der Waals surface area contributed by atoms with Crippen LogP contribution in [0.15, 0.2) is 65.6 Å². The Morgan fingerprint density at radius 3 is 2.74 bits per heavy atom. The van der Waals surface area contributed by atoms with Crippen molar-refractivity contribution in [3.05, 3.63) is 93.9 Å². The van der Waals surface area contributed by atoms with Crippen molar-refractivity contribution in [2.45, 2.75) is 25.9 Å². The number of benzene rings is 1. The fourth-order valence-electron chi connectivity index (χ4n) is 2.71. The SMILES string of the molecule is CCCn1nc(C(=O)NC(c2cccc(F)c2)c2ccccn2)ccc1=O. The second-order valence-electron chi connectivity index (χ2n) is 6.00. The van der Waals surface area contributed by atoms with E-state index in [1.54, 1.807) is 36.5 Å². The van der Waals surface area contributed by atoms with Crippen LogP contribution in [0.5, 0.6) is 0 Å². The first-order valence-electron chi connectivity index (χ1n) is 8.64. The van der Waals surface area contributed by atoms with Crippen molar-refractivity contribution in [2.24, 2.45) is 0 Å². The lowest BCUT2D eigenvalue weighted by molar-refractivity contribution is 0.0934. The molecule has 7 heteroatoms. The Balaban J connectivity index is 1.94. The maximum atomic E-state index is 13.7. The molecule has 1 aromatic carbocycles. The Kier molecular flexibility index (Phi) is 5.71. The third kappa shape index (κ3) is 4.44. The molecule has 0 radical (unpaired) electrons. The van der Waals surface area contributed by atoms with Gasteiger partial charge in [-0.3, -0.25) is 14.6 Å². The average molecular weight is 366 g/mol. The van der Waals surface area contributed by atoms with Crippen LogP contribution >= 0.6 is 0 Å². The maximum Gasteiger partial charge on any atom is 0.272 e. The van der Waals surface area contributed by atoms with Gasteiger partial charge in [0.05, 0.1) is 11.7 Å². The molecule has 27 heavy (non-hydrogen) atoms. The lowest BCUT2D eigenvalue weighted by Crippen LogP contribution is -2.33. The molecule has 6 nitrogen and oxygen atoms in total. The van der Waals surface area contributed by atoms with Crippen LogP contribution in [-0.4, -0.2) is 20.7 Å². The highest BCUT2D eigenvalue weighted by atomic mass is 19.1. The van der Waals surface area contributed by atoms with Gasteiger partial charge in [0, 0.05) is 18.8 Å². The second kappa shape index (κ2) is 8.35. The van der Waals surface area contributed by atoms with Crippen molar-refractivity contribution in [3.8, 4) is 0 Å². The van der Waals surface area contributed by atoms with E-state index in [1.807, 2.05) is 6.92 Å². The van der Waals surface area contributed by atoms with E-state index in [9.17, 15) is 14.0 Å². The Bertz CT molecular complexity index is 989. The van der Waals surface area contributed by atoms with Gasteiger partial charge in [-0.05, 0) is 42.3 Å². The first kappa shape index (κ1) is 18.4. The van der Waals surface area contributed by atoms with Crippen molar-refractivity contribution in [1.29, 1.82) is 0 Å². The number of aryl methyl sites for hydroxylation is 1. The smallest absolute Gasteiger partial charge is 0.272 e. The number of hydrogen-bond donors (Lipinski definition) is 1. The molecule has 0 saturated heterocycles. The molecule has 1 amide bonds. The third-order valence-electron chi connectivity index (χ3n) is 3.98. The highest BCUT2D eigenvalue weighted by molar-refractivity contribution is 5.92. The molecular weight excluding hydrogens is 347 g/mol. The van der Waals surface area contributed by atoms with E-state index in [2.05, 4.69) is 15.4 Å². The summed E-state index contributed by atoms with van der Waals surface area (Å²) >= 11 is 0. The molecule has 0 aliphatic rings. The Morgan fingerprint density at radius 2 is 2.04 bits per heavy atom. The normalized spacial score (nSPS) is 11.8. The molecule has 0 aliphatic carbocycles. The summed E-state index contributed by atoms with van der Waals surface area (Å²) in [5, 5.41) is 6.95. The van der Waals surface area contributed by atoms with Crippen molar-refractivity contribution in [1.82, 2.24) is 20.1 Å². The van der Waals surface area contributed by atoms with Crippen LogP contribution in [0, 0.1) is 5.82 Å². The first-order valence-corrected chi connectivity index (χ1v) is 8.64. The topological polar surface area (TPSA) is 76.9 Å². The van der Waals surface area contributed by atoms with Crippen LogP contribution in [0.4, 0.5) is 4.39 Å². The average Bonchev–Trinajstić information content (AvgIpc) is 2.68. The third-order valence-corrected chi connectivity index (χ3v) is 3.98. The molecule has 2 aromatic heterocycles. The molecule has 2 heterocycles. The van der Waals surface area contributed by atoms with E-state index < -0.39 is 17.8 Å². The number of halogens is 1. The lowest BCUT2D eigenvalue weighted by atomic mass is 10.0. The quantitative estimate of drug-likeness (QED) is 0.728. The Hall–Kier alpha value is -3.35. The van der Waals surface area contributed by atoms with Crippen LogP contribution in [-0.2, 0) is 6.54 Å². The molecule has 0 aliphatic heterocycles. The summed E-state index contributed by atoms with van der Waals surface area (Å²) in [4.78, 5) is 28.8. The summed E-state index contributed by atoms with van der Waals surface area (Å²) < 4.78 is 15.0. The number of carbonyl (C=O) groups excluding carboxylic acids is 1. The van der Waals surface area contributed by atoms with Crippen LogP contribution in [0.3, 0.4) is 0 Å². The number of rotatable bonds is 6. The van der Waals surface area contributed by atoms with Crippen molar-refractivity contribution in [2.75, 3.05) is 0 Å². The maximum absolute atomic E-state index is 13.7. The molecule has 0 bridgehead atoms. The number of nitrogens with zero attached hydrogens (tertiary/aromatic N) is 3. The lowest BCUT2D eigenvalue weighted by Gasteiger charge is -2.19. The molecule has 3 rings (SSSR count). The fourth-order valence-corrected chi connectivity index (χ4v) is 2.71. The monoisotopic (exact) mass is 366 g/mol. The summed E-state index contributed by atoms with van der Waals surface area (Å²) in [6.45, 7) is 2.34. The summed E-state index contributed by atoms with van der Waals surface area (Å²) in [6.07, 6.45) is 2.32. The van der Waals surface area contributed by atoms with Crippen molar-refractivity contribution < 1.29 is 9.18 Å². The molecule has 0 fully saturated rings. The number of amides is 1. The molecule has 1 unspecified atom stereocenters. The van der Waals surface area contributed by atoms with E-state index in [-0.39, 0.29) is 11.3 Å². The van der Waals surface area contributed by atoms with Crippen molar-refractivity contribution in [3.63, 3.8) is 0 Å². The van der Waals surface area contributed by atoms with Gasteiger partial charge >= 0.3 is 0 Å². The van der Waals surface area contributed by atoms with Gasteiger partial charge in [0.15, 0.2) is 0 Å². The highest BCUT2D eigenvalue weighted by Gasteiger charge is 2.20. The molecule has 0 spiro atoms. The predicted octanol–water partition coefficient (Wildman–Crippen LogP) is 2.71. The standard InChI is InChI=1S/C20H19FN4O2/c1-2-12-25-18(26)10-9-17(24-25)20(27)23-19(16-8-3-4-11-22-16)14-6-5-7-15(21)13-14/h3-11,13,19H,2,12H2,1H3,(H,23,27). The van der Waals surface area contributed by atoms with Crippen LogP contribution in [0.2, 0.25) is 0 Å². The molecular formula is C20H19FN4O2. The molecule has 0 saturated carbocycles. The van der Waals surface area contributed by atoms with E-state index in [0.29, 0.717) is 17.8 Å². The number of aromatic nitrogens is 3. The number of nitrogens with one attached hydrogen (secondary N) is 1. The molecule has 3 aromatic rings. The van der Waals surface area contributed by atoms with E-state index in [0.717, 1.165) is 6.42 Å². The minimum Gasteiger partial charge on any atom is -0.338 e. The predicted molar refractivity (Wildman–Crippen MR) is 98.7 cm³/mol. The fraction of sp³-hybridized carbons (Fsp3) is 0.200. The summed E-state index contributed by atoms with van der Waals surface area (Å²) in [5.74, 6) is -0.878. The van der Waals surface area contributed by atoms with Crippen LogP contribution in [0.25, 0.3) is 0 Å². The highest BCUT2D eigenvalue weighted by Crippen LogP contribution is 2.21. The van der Waals surface area contributed by atoms with Crippen LogP contribution in [0.1, 0.15) is 41.1 Å². The largest absolute Gasteiger partial charge is 0.338 e. The van der Waals surface area contributed by atoms with Crippen LogP contribution < -0.4 is 10.9 Å². The number of hydrogen-bond acceptors (Lipinski definition) is 4. The van der Waals surface area contributed by atoms with Gasteiger partial charge in [-0.25, -0.2) is 9.07 Å².